The number of ether oxygens (including phenoxy) is 1. The zero-order valence-corrected chi connectivity index (χ0v) is 16.5. The lowest BCUT2D eigenvalue weighted by molar-refractivity contribution is -0.137. The van der Waals surface area contributed by atoms with Crippen molar-refractivity contribution in [2.24, 2.45) is 0 Å². The minimum Gasteiger partial charge on any atom is -0.481 e. The van der Waals surface area contributed by atoms with Gasteiger partial charge in [-0.05, 0) is 37.7 Å². The summed E-state index contributed by atoms with van der Waals surface area (Å²) < 4.78 is 5.50. The van der Waals surface area contributed by atoms with Crippen molar-refractivity contribution in [3.05, 3.63) is 35.9 Å². The highest BCUT2D eigenvalue weighted by Crippen LogP contribution is 2.13. The maximum absolute atomic E-state index is 9.87. The molecule has 0 fully saturated rings. The lowest BCUT2D eigenvalue weighted by Gasteiger charge is -2.14. The zero-order valence-electron chi connectivity index (χ0n) is 16.5. The molecule has 3 heteroatoms. The van der Waals surface area contributed by atoms with Crippen molar-refractivity contribution in [1.82, 2.24) is 0 Å². The molecular formula is C22H38O3. The summed E-state index contributed by atoms with van der Waals surface area (Å²) in [6.07, 6.45) is 12.5. The molecule has 0 aliphatic heterocycles. The molecule has 1 N–H and O–H groups in total. The molecule has 0 aromatic heterocycles. The maximum atomic E-state index is 9.87. The van der Waals surface area contributed by atoms with E-state index < -0.39 is 5.97 Å². The highest BCUT2D eigenvalue weighted by atomic mass is 16.5. The van der Waals surface area contributed by atoms with E-state index >= 15 is 0 Å². The van der Waals surface area contributed by atoms with Gasteiger partial charge in [0.25, 0.3) is 0 Å². The number of hydrogen-bond donors (Lipinski definition) is 1. The van der Waals surface area contributed by atoms with Gasteiger partial charge in [0, 0.05) is 13.5 Å². The Hall–Kier alpha value is -1.35. The molecule has 144 valence electrons. The number of benzene rings is 1. The highest BCUT2D eigenvalue weighted by Gasteiger charge is 2.05. The summed E-state index contributed by atoms with van der Waals surface area (Å²) in [5.74, 6) is -0.682. The summed E-state index contributed by atoms with van der Waals surface area (Å²) in [6, 6.07) is 10.7. The second-order valence-corrected chi connectivity index (χ2v) is 6.58. The van der Waals surface area contributed by atoms with E-state index in [1.54, 1.807) is 0 Å². The Bertz CT molecular complexity index is 403. The van der Waals surface area contributed by atoms with Crippen LogP contribution in [-0.2, 0) is 16.0 Å². The van der Waals surface area contributed by atoms with Gasteiger partial charge in [0.1, 0.15) is 0 Å². The van der Waals surface area contributed by atoms with E-state index in [1.165, 1.54) is 50.5 Å². The summed E-state index contributed by atoms with van der Waals surface area (Å²) in [4.78, 5) is 9.87. The summed E-state index contributed by atoms with van der Waals surface area (Å²) in [6.45, 7) is 4.30. The summed E-state index contributed by atoms with van der Waals surface area (Å²) in [5, 5.41) is 8.14. The number of carboxylic acid groups (broad SMARTS) is 1. The number of carbonyl (C=O) groups is 1. The normalized spacial score (nSPS) is 11.5. The number of unbranched alkanes of at least 4 members (excludes halogenated alkanes) is 4. The maximum Gasteiger partial charge on any atom is 0.303 e. The molecule has 0 aliphatic rings. The van der Waals surface area contributed by atoms with Crippen LogP contribution in [0.5, 0.6) is 0 Å². The SMILES string of the molecule is CCCCC(CCCCc1ccccc1)OC.CCCCCC(=O)O. The van der Waals surface area contributed by atoms with Crippen LogP contribution in [0.1, 0.15) is 83.6 Å². The van der Waals surface area contributed by atoms with Crippen LogP contribution in [0.15, 0.2) is 30.3 Å². The van der Waals surface area contributed by atoms with E-state index in [-0.39, 0.29) is 0 Å². The van der Waals surface area contributed by atoms with Crippen LogP contribution in [0.2, 0.25) is 0 Å². The largest absolute Gasteiger partial charge is 0.481 e. The molecule has 1 aromatic rings. The van der Waals surface area contributed by atoms with E-state index in [1.807, 2.05) is 7.11 Å². The molecule has 3 nitrogen and oxygen atoms in total. The van der Waals surface area contributed by atoms with Gasteiger partial charge < -0.3 is 9.84 Å². The highest BCUT2D eigenvalue weighted by molar-refractivity contribution is 5.66. The fourth-order valence-electron chi connectivity index (χ4n) is 2.68. The third kappa shape index (κ3) is 15.9. The van der Waals surface area contributed by atoms with Gasteiger partial charge in [0.15, 0.2) is 0 Å². The number of aryl methyl sites for hydroxylation is 1. The smallest absolute Gasteiger partial charge is 0.303 e. The Morgan fingerprint density at radius 2 is 1.60 bits per heavy atom. The quantitative estimate of drug-likeness (QED) is 0.427. The molecule has 0 radical (unpaired) electrons. The van der Waals surface area contributed by atoms with E-state index in [4.69, 9.17) is 9.84 Å². The van der Waals surface area contributed by atoms with Crippen LogP contribution < -0.4 is 0 Å². The van der Waals surface area contributed by atoms with Crippen molar-refractivity contribution < 1.29 is 14.6 Å². The minimum atomic E-state index is -0.682. The van der Waals surface area contributed by atoms with Crippen LogP contribution in [0.25, 0.3) is 0 Å². The molecule has 0 aliphatic carbocycles. The van der Waals surface area contributed by atoms with E-state index in [0.717, 1.165) is 19.3 Å². The third-order valence-electron chi connectivity index (χ3n) is 4.29. The molecule has 0 spiro atoms. The van der Waals surface area contributed by atoms with Crippen LogP contribution in [0, 0.1) is 0 Å². The number of rotatable bonds is 13. The molecule has 0 bridgehead atoms. The standard InChI is InChI=1S/C16H26O.C6H12O2/c1-3-4-13-16(17-2)14-9-8-12-15-10-6-5-7-11-15;1-2-3-4-5-6(7)8/h5-7,10-11,16H,3-4,8-9,12-14H2,1-2H3;2-5H2,1H3,(H,7,8). The van der Waals surface area contributed by atoms with Crippen molar-refractivity contribution in [2.45, 2.75) is 90.6 Å². The number of carboxylic acids is 1. The monoisotopic (exact) mass is 350 g/mol. The first kappa shape index (κ1) is 23.6. The van der Waals surface area contributed by atoms with Crippen molar-refractivity contribution in [1.29, 1.82) is 0 Å². The fraction of sp³-hybridized carbons (Fsp3) is 0.682. The molecule has 1 rings (SSSR count). The lowest BCUT2D eigenvalue weighted by Crippen LogP contribution is -2.10. The van der Waals surface area contributed by atoms with E-state index in [9.17, 15) is 4.79 Å². The second kappa shape index (κ2) is 17.5. The third-order valence-corrected chi connectivity index (χ3v) is 4.29. The summed E-state index contributed by atoms with van der Waals surface area (Å²) in [5.41, 5.74) is 1.45. The number of methoxy groups -OCH3 is 1. The van der Waals surface area contributed by atoms with Crippen LogP contribution in [0.4, 0.5) is 0 Å². The summed E-state index contributed by atoms with van der Waals surface area (Å²) >= 11 is 0. The predicted molar refractivity (Wildman–Crippen MR) is 106 cm³/mol. The first-order chi connectivity index (χ1) is 12.1. The molecule has 0 amide bonds. The Balaban J connectivity index is 0.000000609. The lowest BCUT2D eigenvalue weighted by atomic mass is 10.0. The van der Waals surface area contributed by atoms with Gasteiger partial charge in [-0.3, -0.25) is 4.79 Å². The Morgan fingerprint density at radius 1 is 0.960 bits per heavy atom. The molecule has 0 heterocycles. The van der Waals surface area contributed by atoms with Gasteiger partial charge >= 0.3 is 5.97 Å². The van der Waals surface area contributed by atoms with Gasteiger partial charge in [-0.1, -0.05) is 76.3 Å². The van der Waals surface area contributed by atoms with E-state index in [0.29, 0.717) is 12.5 Å². The van der Waals surface area contributed by atoms with Gasteiger partial charge in [0.05, 0.1) is 6.10 Å². The molecule has 0 saturated heterocycles. The Morgan fingerprint density at radius 3 is 2.16 bits per heavy atom. The van der Waals surface area contributed by atoms with Crippen LogP contribution in [0.3, 0.4) is 0 Å². The van der Waals surface area contributed by atoms with Gasteiger partial charge in [-0.25, -0.2) is 0 Å². The van der Waals surface area contributed by atoms with Crippen molar-refractivity contribution in [3.63, 3.8) is 0 Å². The predicted octanol–water partition coefficient (Wildman–Crippen LogP) is 6.26. The number of hydrogen-bond acceptors (Lipinski definition) is 2. The van der Waals surface area contributed by atoms with Gasteiger partial charge in [-0.2, -0.15) is 0 Å². The average Bonchev–Trinajstić information content (AvgIpc) is 2.62. The molecule has 1 atom stereocenters. The first-order valence-corrected chi connectivity index (χ1v) is 9.92. The van der Waals surface area contributed by atoms with Crippen molar-refractivity contribution >= 4 is 5.97 Å². The molecule has 1 aromatic carbocycles. The van der Waals surface area contributed by atoms with Gasteiger partial charge in [0.2, 0.25) is 0 Å². The average molecular weight is 351 g/mol. The van der Waals surface area contributed by atoms with Crippen LogP contribution >= 0.6 is 0 Å². The minimum absolute atomic E-state index is 0.327. The van der Waals surface area contributed by atoms with Crippen LogP contribution in [-0.4, -0.2) is 24.3 Å². The van der Waals surface area contributed by atoms with Gasteiger partial charge in [-0.15, -0.1) is 0 Å². The fourth-order valence-corrected chi connectivity index (χ4v) is 2.68. The van der Waals surface area contributed by atoms with E-state index in [2.05, 4.69) is 44.2 Å². The first-order valence-electron chi connectivity index (χ1n) is 9.92. The second-order valence-electron chi connectivity index (χ2n) is 6.58. The Labute approximate surface area is 154 Å². The molecular weight excluding hydrogens is 312 g/mol. The van der Waals surface area contributed by atoms with Crippen molar-refractivity contribution in [3.8, 4) is 0 Å². The molecule has 25 heavy (non-hydrogen) atoms. The topological polar surface area (TPSA) is 46.5 Å². The Kier molecular flexibility index (Phi) is 16.5. The molecule has 1 unspecified atom stereocenters. The molecule has 0 saturated carbocycles. The zero-order chi connectivity index (χ0) is 18.8. The number of aliphatic carboxylic acids is 1. The summed E-state index contributed by atoms with van der Waals surface area (Å²) in [7, 11) is 1.84. The van der Waals surface area contributed by atoms with Crippen molar-refractivity contribution in [2.75, 3.05) is 7.11 Å².